The van der Waals surface area contributed by atoms with Gasteiger partial charge in [0.2, 0.25) is 5.91 Å². The van der Waals surface area contributed by atoms with Crippen molar-refractivity contribution in [3.8, 4) is 0 Å². The van der Waals surface area contributed by atoms with Crippen LogP contribution in [0.2, 0.25) is 12.1 Å². The summed E-state index contributed by atoms with van der Waals surface area (Å²) < 4.78 is 11.7. The number of hydrogen-bond acceptors (Lipinski definition) is 3. The van der Waals surface area contributed by atoms with Crippen molar-refractivity contribution in [3.05, 3.63) is 12.2 Å². The molecule has 0 saturated carbocycles. The Morgan fingerprint density at radius 2 is 1.29 bits per heavy atom. The highest BCUT2D eigenvalue weighted by Crippen LogP contribution is 2.10. The zero-order valence-corrected chi connectivity index (χ0v) is 19.9. The van der Waals surface area contributed by atoms with Crippen LogP contribution in [0.4, 0.5) is 0 Å². The highest BCUT2D eigenvalue weighted by atomic mass is 28.2. The van der Waals surface area contributed by atoms with Gasteiger partial charge in [-0.2, -0.15) is 0 Å². The molecule has 0 atom stereocenters. The fourth-order valence-corrected chi connectivity index (χ4v) is 4.52. The SMILES string of the molecule is C=C(C)C(=O)N(CCC[SiH2]OC(C)(C)C)CCC[SiH2]OC(C)(C)C. The molecule has 1 amide bonds. The van der Waals surface area contributed by atoms with Gasteiger partial charge in [0.15, 0.2) is 19.5 Å². The molecule has 24 heavy (non-hydrogen) atoms. The normalized spacial score (nSPS) is 13.3. The molecule has 0 spiro atoms. The second kappa shape index (κ2) is 11.2. The molecule has 0 aliphatic heterocycles. The van der Waals surface area contributed by atoms with E-state index in [9.17, 15) is 4.79 Å². The molecular formula is C18H39NO3Si2. The first-order valence-electron chi connectivity index (χ1n) is 9.15. The Morgan fingerprint density at radius 3 is 1.58 bits per heavy atom. The van der Waals surface area contributed by atoms with Gasteiger partial charge in [-0.25, -0.2) is 0 Å². The summed E-state index contributed by atoms with van der Waals surface area (Å²) in [5.41, 5.74) is 0.565. The van der Waals surface area contributed by atoms with E-state index in [1.165, 1.54) is 0 Å². The van der Waals surface area contributed by atoms with E-state index in [0.717, 1.165) is 38.0 Å². The summed E-state index contributed by atoms with van der Waals surface area (Å²) in [4.78, 5) is 14.2. The highest BCUT2D eigenvalue weighted by Gasteiger charge is 2.15. The lowest BCUT2D eigenvalue weighted by atomic mass is 10.2. The first-order valence-corrected chi connectivity index (χ1v) is 12.3. The lowest BCUT2D eigenvalue weighted by molar-refractivity contribution is -0.127. The zero-order chi connectivity index (χ0) is 18.8. The largest absolute Gasteiger partial charge is 0.419 e. The van der Waals surface area contributed by atoms with E-state index >= 15 is 0 Å². The van der Waals surface area contributed by atoms with Gasteiger partial charge in [-0.15, -0.1) is 0 Å². The third kappa shape index (κ3) is 14.0. The Kier molecular flexibility index (Phi) is 11.0. The number of amides is 1. The lowest BCUT2D eigenvalue weighted by Gasteiger charge is -2.24. The van der Waals surface area contributed by atoms with Gasteiger partial charge < -0.3 is 13.8 Å². The van der Waals surface area contributed by atoms with Crippen molar-refractivity contribution in [2.24, 2.45) is 0 Å². The number of nitrogens with zero attached hydrogens (tertiary/aromatic N) is 1. The van der Waals surface area contributed by atoms with E-state index in [4.69, 9.17) is 8.85 Å². The Morgan fingerprint density at radius 1 is 0.917 bits per heavy atom. The van der Waals surface area contributed by atoms with Gasteiger partial charge in [-0.1, -0.05) is 6.58 Å². The molecule has 0 radical (unpaired) electrons. The van der Waals surface area contributed by atoms with Gasteiger partial charge in [0.1, 0.15) is 0 Å². The fraction of sp³-hybridized carbons (Fsp3) is 0.833. The Labute approximate surface area is 154 Å². The van der Waals surface area contributed by atoms with Crippen LogP contribution in [-0.2, 0) is 13.6 Å². The first-order chi connectivity index (χ1) is 10.9. The van der Waals surface area contributed by atoms with Crippen molar-refractivity contribution >= 4 is 25.4 Å². The Balaban J connectivity index is 4.12. The molecule has 142 valence electrons. The summed E-state index contributed by atoms with van der Waals surface area (Å²) in [6.45, 7) is 19.8. The average Bonchev–Trinajstić information content (AvgIpc) is 2.41. The first kappa shape index (κ1) is 23.6. The molecule has 0 heterocycles. The van der Waals surface area contributed by atoms with Crippen LogP contribution in [0.25, 0.3) is 0 Å². The smallest absolute Gasteiger partial charge is 0.248 e. The van der Waals surface area contributed by atoms with E-state index in [-0.39, 0.29) is 17.1 Å². The number of carbonyl (C=O) groups excluding carboxylic acids is 1. The third-order valence-electron chi connectivity index (χ3n) is 3.37. The minimum atomic E-state index is -0.496. The van der Waals surface area contributed by atoms with Gasteiger partial charge in [-0.3, -0.25) is 4.79 Å². The maximum absolute atomic E-state index is 12.3. The van der Waals surface area contributed by atoms with Crippen molar-refractivity contribution in [1.82, 2.24) is 4.90 Å². The second-order valence-corrected chi connectivity index (χ2v) is 11.2. The highest BCUT2D eigenvalue weighted by molar-refractivity contribution is 6.27. The molecule has 0 aromatic carbocycles. The maximum atomic E-state index is 12.3. The van der Waals surface area contributed by atoms with Gasteiger partial charge in [0, 0.05) is 29.9 Å². The molecule has 0 N–H and O–H groups in total. The summed E-state index contributed by atoms with van der Waals surface area (Å²) in [6.07, 6.45) is 2.05. The van der Waals surface area contributed by atoms with E-state index in [1.54, 1.807) is 6.92 Å². The molecule has 0 aliphatic carbocycles. The van der Waals surface area contributed by atoms with Crippen LogP contribution in [0.5, 0.6) is 0 Å². The molecule has 4 nitrogen and oxygen atoms in total. The van der Waals surface area contributed by atoms with Crippen molar-refractivity contribution in [3.63, 3.8) is 0 Å². The van der Waals surface area contributed by atoms with Gasteiger partial charge in [0.05, 0.1) is 0 Å². The minimum Gasteiger partial charge on any atom is -0.419 e. The van der Waals surface area contributed by atoms with Gasteiger partial charge in [0.25, 0.3) is 0 Å². The molecule has 0 aromatic rings. The molecule has 0 aromatic heterocycles. The predicted molar refractivity (Wildman–Crippen MR) is 109 cm³/mol. The minimum absolute atomic E-state index is 0.0306. The Hall–Kier alpha value is -0.436. The van der Waals surface area contributed by atoms with Crippen LogP contribution in [-0.4, -0.2) is 54.6 Å². The van der Waals surface area contributed by atoms with Crippen molar-refractivity contribution in [1.29, 1.82) is 0 Å². The third-order valence-corrected chi connectivity index (χ3v) is 7.08. The van der Waals surface area contributed by atoms with Crippen LogP contribution >= 0.6 is 0 Å². The predicted octanol–water partition coefficient (Wildman–Crippen LogP) is 2.81. The quantitative estimate of drug-likeness (QED) is 0.317. The van der Waals surface area contributed by atoms with Crippen molar-refractivity contribution in [2.75, 3.05) is 13.1 Å². The molecule has 6 heteroatoms. The number of rotatable bonds is 11. The lowest BCUT2D eigenvalue weighted by Crippen LogP contribution is -2.34. The molecule has 0 saturated heterocycles. The van der Waals surface area contributed by atoms with Crippen LogP contribution in [0.3, 0.4) is 0 Å². The fourth-order valence-electron chi connectivity index (χ4n) is 2.15. The molecule has 0 rings (SSSR count). The van der Waals surface area contributed by atoms with E-state index in [0.29, 0.717) is 5.57 Å². The zero-order valence-electron chi connectivity index (χ0n) is 17.0. The topological polar surface area (TPSA) is 38.8 Å². The summed E-state index contributed by atoms with van der Waals surface area (Å²) in [5, 5.41) is 0. The van der Waals surface area contributed by atoms with E-state index in [2.05, 4.69) is 48.1 Å². The van der Waals surface area contributed by atoms with Crippen LogP contribution in [0.1, 0.15) is 61.3 Å². The maximum Gasteiger partial charge on any atom is 0.248 e. The second-order valence-electron chi connectivity index (χ2n) is 8.41. The average molecular weight is 374 g/mol. The molecule has 0 unspecified atom stereocenters. The summed E-state index contributed by atoms with van der Waals surface area (Å²) in [7, 11) is -0.993. The summed E-state index contributed by atoms with van der Waals surface area (Å²) in [5.74, 6) is 0.0896. The number of carbonyl (C=O) groups is 1. The Bertz CT molecular complexity index is 363. The molecular weight excluding hydrogens is 334 g/mol. The summed E-state index contributed by atoms with van der Waals surface area (Å²) in [6, 6.07) is 2.22. The summed E-state index contributed by atoms with van der Waals surface area (Å²) >= 11 is 0. The van der Waals surface area contributed by atoms with Gasteiger partial charge >= 0.3 is 0 Å². The molecule has 0 aliphatic rings. The molecule has 0 bridgehead atoms. The van der Waals surface area contributed by atoms with Gasteiger partial charge in [-0.05, 0) is 73.4 Å². The van der Waals surface area contributed by atoms with E-state index in [1.807, 2.05) is 4.90 Å². The van der Waals surface area contributed by atoms with Crippen LogP contribution in [0, 0.1) is 0 Å². The molecule has 0 fully saturated rings. The van der Waals surface area contributed by atoms with Crippen molar-refractivity contribution < 1.29 is 13.6 Å². The van der Waals surface area contributed by atoms with E-state index < -0.39 is 19.5 Å². The number of hydrogen-bond donors (Lipinski definition) is 0. The standard InChI is InChI=1S/C18H39NO3Si2/c1-15(2)16(20)19(11-9-13-23-21-17(3,4)5)12-10-14-24-22-18(6,7)8/h1,9-14,23-24H2,2-8H3. The monoisotopic (exact) mass is 373 g/mol. The van der Waals surface area contributed by atoms with Crippen molar-refractivity contribution in [2.45, 2.75) is 84.6 Å². The van der Waals surface area contributed by atoms with Crippen LogP contribution in [0.15, 0.2) is 12.2 Å². The van der Waals surface area contributed by atoms with Crippen LogP contribution < -0.4 is 0 Å².